The van der Waals surface area contributed by atoms with Crippen molar-refractivity contribution in [2.24, 2.45) is 5.92 Å². The number of benzene rings is 5. The van der Waals surface area contributed by atoms with Gasteiger partial charge in [0.1, 0.15) is 0 Å². The van der Waals surface area contributed by atoms with E-state index in [9.17, 15) is 5.26 Å². The van der Waals surface area contributed by atoms with Crippen LogP contribution in [-0.2, 0) is 17.3 Å². The van der Waals surface area contributed by atoms with E-state index in [0.717, 1.165) is 44.1 Å². The number of nitriles is 1. The molecule has 5 aliphatic carbocycles. The van der Waals surface area contributed by atoms with E-state index >= 15 is 0 Å². The Labute approximate surface area is 378 Å². The highest BCUT2D eigenvalue weighted by atomic mass is 15.1. The van der Waals surface area contributed by atoms with Gasteiger partial charge in [-0.05, 0) is 144 Å². The molecule has 5 aliphatic rings. The molecular weight excluding hydrogens is 775 g/mol. The second-order valence-electron chi connectivity index (χ2n) is 18.7. The lowest BCUT2D eigenvalue weighted by molar-refractivity contribution is 0.403. The molecule has 0 fully saturated rings. The van der Waals surface area contributed by atoms with Gasteiger partial charge in [0, 0.05) is 57.2 Å². The quantitative estimate of drug-likeness (QED) is 0.173. The molecule has 0 radical (unpaired) electrons. The Bertz CT molecular complexity index is 3250. The molecule has 6 aromatic rings. The van der Waals surface area contributed by atoms with Crippen LogP contribution in [0.3, 0.4) is 0 Å². The zero-order valence-corrected chi connectivity index (χ0v) is 37.1. The highest BCUT2D eigenvalue weighted by Gasteiger charge is 2.52. The largest absolute Gasteiger partial charge is 0.348 e. The summed E-state index contributed by atoms with van der Waals surface area (Å²) in [6, 6.07) is 41.5. The third kappa shape index (κ3) is 6.30. The molecule has 1 heterocycles. The highest BCUT2D eigenvalue weighted by Crippen LogP contribution is 2.61. The van der Waals surface area contributed by atoms with Crippen molar-refractivity contribution in [2.45, 2.75) is 63.2 Å². The number of fused-ring (bicyclic) bond motifs is 10. The number of aryl methyl sites for hydroxylation is 1. The van der Waals surface area contributed by atoms with E-state index < -0.39 is 0 Å². The Hall–Kier alpha value is -7.15. The summed E-state index contributed by atoms with van der Waals surface area (Å²) in [7, 11) is 2.27. The Balaban J connectivity index is 1.04. The minimum atomic E-state index is -0.376. The van der Waals surface area contributed by atoms with Gasteiger partial charge in [-0.25, -0.2) is 0 Å². The molecular formula is C61H53N3. The number of anilines is 1. The summed E-state index contributed by atoms with van der Waals surface area (Å²) in [6.07, 6.45) is 32.1. The fraction of sp³-hybridized carbons (Fsp3) is 0.197. The SMILES string of the molecule is C=C1/C=C\C(C#N)=C/CC2(c3ccccc3C1)c1cccc(C)c1C1=CC=C(N(C)c3ccc(-c4ccc5c(c4)c4ccccc4n5C4=CC=CCC4)cc3C3(C)C=CC=CC3)CC12. The van der Waals surface area contributed by atoms with Crippen molar-refractivity contribution in [1.29, 1.82) is 5.26 Å². The van der Waals surface area contributed by atoms with Crippen LogP contribution in [0.2, 0.25) is 0 Å². The third-order valence-corrected chi connectivity index (χ3v) is 15.0. The summed E-state index contributed by atoms with van der Waals surface area (Å²) in [5, 5.41) is 12.9. The average molecular weight is 828 g/mol. The number of rotatable bonds is 5. The van der Waals surface area contributed by atoms with Crippen LogP contribution in [0.15, 0.2) is 199 Å². The van der Waals surface area contributed by atoms with E-state index in [0.29, 0.717) is 5.57 Å². The Morgan fingerprint density at radius 1 is 0.766 bits per heavy atom. The van der Waals surface area contributed by atoms with E-state index in [4.69, 9.17) is 0 Å². The first kappa shape index (κ1) is 39.7. The van der Waals surface area contributed by atoms with E-state index in [1.807, 2.05) is 12.2 Å². The van der Waals surface area contributed by atoms with Crippen LogP contribution in [0.4, 0.5) is 5.69 Å². The number of aromatic nitrogens is 1. The van der Waals surface area contributed by atoms with Gasteiger partial charge >= 0.3 is 0 Å². The molecule has 312 valence electrons. The molecule has 1 spiro atoms. The molecule has 1 aromatic heterocycles. The van der Waals surface area contributed by atoms with Crippen LogP contribution >= 0.6 is 0 Å². The maximum atomic E-state index is 10.3. The second kappa shape index (κ2) is 15.6. The molecule has 64 heavy (non-hydrogen) atoms. The molecule has 0 amide bonds. The highest BCUT2D eigenvalue weighted by molar-refractivity contribution is 6.11. The fourth-order valence-corrected chi connectivity index (χ4v) is 11.8. The average Bonchev–Trinajstić information content (AvgIpc) is 3.82. The smallest absolute Gasteiger partial charge is 0.0988 e. The molecule has 5 aromatic carbocycles. The predicted molar refractivity (Wildman–Crippen MR) is 269 cm³/mol. The lowest BCUT2D eigenvalue weighted by atomic mass is 9.63. The Kier molecular flexibility index (Phi) is 9.66. The minimum absolute atomic E-state index is 0.158. The van der Waals surface area contributed by atoms with E-state index in [1.54, 1.807) is 0 Å². The molecule has 3 unspecified atom stereocenters. The predicted octanol–water partition coefficient (Wildman–Crippen LogP) is 15.0. The van der Waals surface area contributed by atoms with Crippen molar-refractivity contribution >= 4 is 38.8 Å². The topological polar surface area (TPSA) is 32.0 Å². The summed E-state index contributed by atoms with van der Waals surface area (Å²) in [4.78, 5) is 2.48. The lowest BCUT2D eigenvalue weighted by Gasteiger charge is -2.42. The summed E-state index contributed by atoms with van der Waals surface area (Å²) in [5.74, 6) is 0.158. The molecule has 3 nitrogen and oxygen atoms in total. The molecule has 0 bridgehead atoms. The van der Waals surface area contributed by atoms with Gasteiger partial charge in [0.25, 0.3) is 0 Å². The molecule has 0 saturated heterocycles. The zero-order valence-electron chi connectivity index (χ0n) is 37.1. The fourth-order valence-electron chi connectivity index (χ4n) is 11.8. The number of hydrogen-bond acceptors (Lipinski definition) is 2. The van der Waals surface area contributed by atoms with Gasteiger partial charge in [-0.2, -0.15) is 5.26 Å². The van der Waals surface area contributed by atoms with Gasteiger partial charge in [-0.3, -0.25) is 0 Å². The van der Waals surface area contributed by atoms with Gasteiger partial charge in [0.05, 0.1) is 17.1 Å². The standard InChI is InChI=1S/C61H53N3/c1-41-24-25-43(40-62)32-35-61(52-21-11-9-17-46(52)36-41)53-22-15-16-42(2)59(53)50-29-28-48(39-54(50)61)63(4)58-31-27-45(38-55(58)60(3)33-13-6-14-34-60)44-26-30-57-51(37-44)49-20-10-12-23-56(49)64(57)47-18-7-5-8-19-47/h5-7,9-18,20-33,37-38,54H,1,8,19,34-36,39H2,2-4H3/b25-24-,43-32+. The third-order valence-electron chi connectivity index (χ3n) is 15.0. The number of para-hydroxylation sites is 1. The molecule has 0 N–H and O–H groups in total. The maximum Gasteiger partial charge on any atom is 0.0988 e. The van der Waals surface area contributed by atoms with Gasteiger partial charge < -0.3 is 9.47 Å². The van der Waals surface area contributed by atoms with Crippen molar-refractivity contribution in [1.82, 2.24) is 4.57 Å². The van der Waals surface area contributed by atoms with Crippen LogP contribution in [0.25, 0.3) is 44.2 Å². The number of hydrogen-bond donors (Lipinski definition) is 0. The van der Waals surface area contributed by atoms with Gasteiger partial charge in [-0.15, -0.1) is 0 Å². The van der Waals surface area contributed by atoms with Crippen LogP contribution in [0, 0.1) is 24.2 Å². The second-order valence-corrected chi connectivity index (χ2v) is 18.7. The van der Waals surface area contributed by atoms with Crippen molar-refractivity contribution in [3.63, 3.8) is 0 Å². The minimum Gasteiger partial charge on any atom is -0.348 e. The number of allylic oxidation sites excluding steroid dienone is 17. The van der Waals surface area contributed by atoms with E-state index in [-0.39, 0.29) is 16.7 Å². The normalized spacial score (nSPS) is 23.7. The van der Waals surface area contributed by atoms with Crippen LogP contribution in [0.1, 0.15) is 72.4 Å². The number of nitrogens with zero attached hydrogens (tertiary/aromatic N) is 3. The lowest BCUT2D eigenvalue weighted by Crippen LogP contribution is -2.36. The van der Waals surface area contributed by atoms with Gasteiger partial charge in [-0.1, -0.05) is 147 Å². The van der Waals surface area contributed by atoms with Crippen molar-refractivity contribution < 1.29 is 0 Å². The first-order valence-corrected chi connectivity index (χ1v) is 23.0. The molecule has 0 aliphatic heterocycles. The monoisotopic (exact) mass is 827 g/mol. The van der Waals surface area contributed by atoms with Crippen LogP contribution in [-0.4, -0.2) is 11.6 Å². The summed E-state index contributed by atoms with van der Waals surface area (Å²) in [5.41, 5.74) is 19.3. The van der Waals surface area contributed by atoms with Crippen molar-refractivity contribution in [3.8, 4) is 17.2 Å². The summed E-state index contributed by atoms with van der Waals surface area (Å²) < 4.78 is 2.47. The zero-order chi connectivity index (χ0) is 43.6. The Morgan fingerprint density at radius 3 is 2.42 bits per heavy atom. The molecule has 3 heteroatoms. The molecule has 0 saturated carbocycles. The summed E-state index contributed by atoms with van der Waals surface area (Å²) >= 11 is 0. The summed E-state index contributed by atoms with van der Waals surface area (Å²) in [6.45, 7) is 9.09. The molecule has 3 atom stereocenters. The van der Waals surface area contributed by atoms with E-state index in [1.165, 1.54) is 89.0 Å². The first-order valence-electron chi connectivity index (χ1n) is 23.0. The van der Waals surface area contributed by atoms with Crippen molar-refractivity contribution in [2.75, 3.05) is 11.9 Å². The van der Waals surface area contributed by atoms with Gasteiger partial charge in [0.2, 0.25) is 0 Å². The Morgan fingerprint density at radius 2 is 1.58 bits per heavy atom. The molecule has 11 rings (SSSR count). The van der Waals surface area contributed by atoms with E-state index in [2.05, 4.69) is 207 Å². The van der Waals surface area contributed by atoms with Crippen LogP contribution < -0.4 is 4.90 Å². The maximum absolute atomic E-state index is 10.3. The first-order chi connectivity index (χ1) is 31.3. The van der Waals surface area contributed by atoms with Gasteiger partial charge in [0.15, 0.2) is 0 Å². The van der Waals surface area contributed by atoms with Crippen LogP contribution in [0.5, 0.6) is 0 Å². The van der Waals surface area contributed by atoms with Crippen molar-refractivity contribution in [3.05, 3.63) is 233 Å².